The van der Waals surface area contributed by atoms with E-state index in [2.05, 4.69) is 56.9 Å². The van der Waals surface area contributed by atoms with Gasteiger partial charge in [-0.05, 0) is 42.2 Å². The first kappa shape index (κ1) is 16.5. The Bertz CT molecular complexity index is 443. The van der Waals surface area contributed by atoms with Gasteiger partial charge in [-0.2, -0.15) is 0 Å². The summed E-state index contributed by atoms with van der Waals surface area (Å²) in [4.78, 5) is 2.68. The molecule has 0 heterocycles. The first-order valence-electron chi connectivity index (χ1n) is 8.53. The van der Waals surface area contributed by atoms with E-state index in [1.54, 1.807) is 0 Å². The zero-order valence-corrected chi connectivity index (χ0v) is 14.2. The van der Waals surface area contributed by atoms with E-state index in [1.165, 1.54) is 30.4 Å². The Morgan fingerprint density at radius 1 is 1.10 bits per heavy atom. The Morgan fingerprint density at radius 2 is 1.71 bits per heavy atom. The standard InChI is InChI=1S/C19H32N2/c1-15(2)12-21(13-16(3)4)19(14-20)11-7-9-17-8-5-6-10-18(17)19/h5-6,8,10,15-16H,7,9,11-14,20H2,1-4H3. The van der Waals surface area contributed by atoms with Crippen molar-refractivity contribution in [3.05, 3.63) is 35.4 Å². The van der Waals surface area contributed by atoms with Crippen molar-refractivity contribution in [2.75, 3.05) is 19.6 Å². The normalized spacial score (nSPS) is 22.1. The van der Waals surface area contributed by atoms with Crippen LogP contribution in [0.5, 0.6) is 0 Å². The van der Waals surface area contributed by atoms with Crippen molar-refractivity contribution in [3.63, 3.8) is 0 Å². The smallest absolute Gasteiger partial charge is 0.0586 e. The third kappa shape index (κ3) is 3.49. The van der Waals surface area contributed by atoms with Crippen LogP contribution in [0, 0.1) is 11.8 Å². The van der Waals surface area contributed by atoms with Crippen LogP contribution in [-0.4, -0.2) is 24.5 Å². The molecule has 1 unspecified atom stereocenters. The maximum absolute atomic E-state index is 6.36. The summed E-state index contributed by atoms with van der Waals surface area (Å²) in [5.74, 6) is 1.34. The minimum atomic E-state index is 0.0450. The van der Waals surface area contributed by atoms with Gasteiger partial charge in [-0.1, -0.05) is 52.0 Å². The van der Waals surface area contributed by atoms with Gasteiger partial charge in [0.1, 0.15) is 0 Å². The van der Waals surface area contributed by atoms with E-state index in [0.717, 1.165) is 19.6 Å². The summed E-state index contributed by atoms with van der Waals surface area (Å²) in [7, 11) is 0. The number of hydrogen-bond acceptors (Lipinski definition) is 2. The molecule has 0 amide bonds. The molecule has 0 aromatic heterocycles. The average Bonchev–Trinajstić information content (AvgIpc) is 2.45. The van der Waals surface area contributed by atoms with Gasteiger partial charge in [0.15, 0.2) is 0 Å². The lowest BCUT2D eigenvalue weighted by Crippen LogP contribution is -2.55. The molecule has 0 radical (unpaired) electrons. The summed E-state index contributed by atoms with van der Waals surface area (Å²) < 4.78 is 0. The largest absolute Gasteiger partial charge is 0.328 e. The molecule has 1 aliphatic carbocycles. The summed E-state index contributed by atoms with van der Waals surface area (Å²) in [6.45, 7) is 12.2. The minimum absolute atomic E-state index is 0.0450. The van der Waals surface area contributed by atoms with Crippen LogP contribution in [0.15, 0.2) is 24.3 Å². The van der Waals surface area contributed by atoms with Crippen LogP contribution in [-0.2, 0) is 12.0 Å². The van der Waals surface area contributed by atoms with Gasteiger partial charge in [-0.3, -0.25) is 4.90 Å². The third-order valence-electron chi connectivity index (χ3n) is 4.67. The van der Waals surface area contributed by atoms with Crippen LogP contribution in [0.4, 0.5) is 0 Å². The molecule has 118 valence electrons. The number of hydrogen-bond donors (Lipinski definition) is 1. The van der Waals surface area contributed by atoms with Gasteiger partial charge in [0.2, 0.25) is 0 Å². The maximum atomic E-state index is 6.36. The van der Waals surface area contributed by atoms with Crippen LogP contribution in [0.3, 0.4) is 0 Å². The molecule has 0 spiro atoms. The van der Waals surface area contributed by atoms with E-state index in [9.17, 15) is 0 Å². The molecule has 1 aromatic rings. The summed E-state index contributed by atoms with van der Waals surface area (Å²) >= 11 is 0. The van der Waals surface area contributed by atoms with Gasteiger partial charge in [-0.25, -0.2) is 0 Å². The molecule has 2 heteroatoms. The molecule has 1 aromatic carbocycles. The molecule has 2 N–H and O–H groups in total. The zero-order valence-electron chi connectivity index (χ0n) is 14.2. The van der Waals surface area contributed by atoms with E-state index in [-0.39, 0.29) is 5.54 Å². The Morgan fingerprint density at radius 3 is 2.29 bits per heavy atom. The van der Waals surface area contributed by atoms with E-state index >= 15 is 0 Å². The van der Waals surface area contributed by atoms with Crippen LogP contribution in [0.1, 0.15) is 51.7 Å². The maximum Gasteiger partial charge on any atom is 0.0586 e. The fourth-order valence-electron chi connectivity index (χ4n) is 3.87. The summed E-state index contributed by atoms with van der Waals surface area (Å²) in [5, 5.41) is 0. The number of nitrogens with zero attached hydrogens (tertiary/aromatic N) is 1. The Labute approximate surface area is 130 Å². The van der Waals surface area contributed by atoms with E-state index in [1.807, 2.05) is 0 Å². The monoisotopic (exact) mass is 288 g/mol. The number of nitrogens with two attached hydrogens (primary N) is 1. The molecular formula is C19H32N2. The molecular weight excluding hydrogens is 256 g/mol. The summed E-state index contributed by atoms with van der Waals surface area (Å²) in [6, 6.07) is 8.95. The molecule has 1 aliphatic rings. The van der Waals surface area contributed by atoms with Crippen molar-refractivity contribution in [2.24, 2.45) is 17.6 Å². The van der Waals surface area contributed by atoms with Crippen molar-refractivity contribution in [1.82, 2.24) is 4.90 Å². The molecule has 1 atom stereocenters. The minimum Gasteiger partial charge on any atom is -0.328 e. The molecule has 0 bridgehead atoms. The number of fused-ring (bicyclic) bond motifs is 1. The topological polar surface area (TPSA) is 29.3 Å². The van der Waals surface area contributed by atoms with Crippen LogP contribution in [0.25, 0.3) is 0 Å². The molecule has 0 saturated heterocycles. The number of rotatable bonds is 6. The second kappa shape index (κ2) is 6.93. The van der Waals surface area contributed by atoms with Gasteiger partial charge in [-0.15, -0.1) is 0 Å². The highest BCUT2D eigenvalue weighted by atomic mass is 15.2. The molecule has 0 aliphatic heterocycles. The Hall–Kier alpha value is -0.860. The SMILES string of the molecule is CC(C)CN(CC(C)C)C1(CN)CCCc2ccccc21. The first-order valence-corrected chi connectivity index (χ1v) is 8.53. The fourth-order valence-corrected chi connectivity index (χ4v) is 3.87. The lowest BCUT2D eigenvalue weighted by atomic mass is 9.74. The lowest BCUT2D eigenvalue weighted by Gasteiger charge is -2.48. The number of aryl methyl sites for hydroxylation is 1. The molecule has 2 rings (SSSR count). The van der Waals surface area contributed by atoms with Crippen molar-refractivity contribution in [1.29, 1.82) is 0 Å². The predicted molar refractivity (Wildman–Crippen MR) is 91.4 cm³/mol. The van der Waals surface area contributed by atoms with Gasteiger partial charge < -0.3 is 5.73 Å². The highest BCUT2D eigenvalue weighted by Crippen LogP contribution is 2.40. The van der Waals surface area contributed by atoms with Crippen molar-refractivity contribution in [2.45, 2.75) is 52.5 Å². The molecule has 0 fully saturated rings. The van der Waals surface area contributed by atoms with E-state index in [0.29, 0.717) is 11.8 Å². The second-order valence-corrected chi connectivity index (χ2v) is 7.44. The van der Waals surface area contributed by atoms with E-state index in [4.69, 9.17) is 5.73 Å². The first-order chi connectivity index (χ1) is 9.99. The predicted octanol–water partition coefficient (Wildman–Crippen LogP) is 3.79. The summed E-state index contributed by atoms with van der Waals surface area (Å²) in [5.41, 5.74) is 9.40. The Kier molecular flexibility index (Phi) is 5.45. The van der Waals surface area contributed by atoms with Gasteiger partial charge in [0, 0.05) is 19.6 Å². The highest BCUT2D eigenvalue weighted by molar-refractivity contribution is 5.37. The van der Waals surface area contributed by atoms with Crippen molar-refractivity contribution in [3.8, 4) is 0 Å². The molecule has 2 nitrogen and oxygen atoms in total. The van der Waals surface area contributed by atoms with Gasteiger partial charge in [0.25, 0.3) is 0 Å². The van der Waals surface area contributed by atoms with Gasteiger partial charge in [0.05, 0.1) is 5.54 Å². The Balaban J connectivity index is 2.43. The zero-order chi connectivity index (χ0) is 15.5. The van der Waals surface area contributed by atoms with Crippen LogP contribution >= 0.6 is 0 Å². The quantitative estimate of drug-likeness (QED) is 0.863. The second-order valence-electron chi connectivity index (χ2n) is 7.44. The highest BCUT2D eigenvalue weighted by Gasteiger charge is 2.40. The lowest BCUT2D eigenvalue weighted by molar-refractivity contribution is 0.0502. The third-order valence-corrected chi connectivity index (χ3v) is 4.67. The van der Waals surface area contributed by atoms with Crippen LogP contribution < -0.4 is 5.73 Å². The average molecular weight is 288 g/mol. The fraction of sp³-hybridized carbons (Fsp3) is 0.684. The summed E-state index contributed by atoms with van der Waals surface area (Å²) in [6.07, 6.45) is 3.65. The van der Waals surface area contributed by atoms with Crippen molar-refractivity contribution < 1.29 is 0 Å². The van der Waals surface area contributed by atoms with Crippen LogP contribution in [0.2, 0.25) is 0 Å². The van der Waals surface area contributed by atoms with E-state index < -0.39 is 0 Å². The van der Waals surface area contributed by atoms with Crippen molar-refractivity contribution >= 4 is 0 Å². The molecule has 0 saturated carbocycles. The van der Waals surface area contributed by atoms with Gasteiger partial charge >= 0.3 is 0 Å². The molecule has 21 heavy (non-hydrogen) atoms. The number of benzene rings is 1.